The molecule has 2 N–H and O–H groups in total. The zero-order valence-corrected chi connectivity index (χ0v) is 12.2. The molecule has 1 aromatic rings. The molecule has 0 aliphatic carbocycles. The highest BCUT2D eigenvalue weighted by atomic mass is 16.5. The molecule has 1 aliphatic rings. The topological polar surface area (TPSA) is 50.9 Å². The maximum absolute atomic E-state index is 6.03. The molecule has 0 saturated heterocycles. The van der Waals surface area contributed by atoms with Crippen molar-refractivity contribution < 1.29 is 4.74 Å². The van der Waals surface area contributed by atoms with Gasteiger partial charge in [0.1, 0.15) is 0 Å². The highest BCUT2D eigenvalue weighted by Crippen LogP contribution is 2.34. The number of hydrogen-bond donors (Lipinski definition) is 1. The molecule has 0 saturated carbocycles. The van der Waals surface area contributed by atoms with Crippen molar-refractivity contribution in [3.8, 4) is 0 Å². The summed E-state index contributed by atoms with van der Waals surface area (Å²) in [5.74, 6) is 0.611. The third kappa shape index (κ3) is 2.45. The standard InChI is InChI=1S/C15H23N3O/c1-11-5-6-13(12(2)9-11)15(3)10-17-14(16)18(15)7-8-19-4/h5-6,9H,7-8,10H2,1-4H3,(H2,16,17). The molecule has 1 atom stereocenters. The summed E-state index contributed by atoms with van der Waals surface area (Å²) >= 11 is 0. The molecule has 104 valence electrons. The van der Waals surface area contributed by atoms with Crippen LogP contribution in [0, 0.1) is 13.8 Å². The molecule has 19 heavy (non-hydrogen) atoms. The van der Waals surface area contributed by atoms with Gasteiger partial charge >= 0.3 is 0 Å². The molecule has 2 rings (SSSR count). The minimum Gasteiger partial charge on any atom is -0.383 e. The molecule has 0 fully saturated rings. The highest BCUT2D eigenvalue weighted by Gasteiger charge is 2.40. The Balaban J connectivity index is 2.35. The van der Waals surface area contributed by atoms with E-state index in [4.69, 9.17) is 10.5 Å². The fourth-order valence-corrected chi connectivity index (χ4v) is 2.85. The Morgan fingerprint density at radius 3 is 2.79 bits per heavy atom. The van der Waals surface area contributed by atoms with Gasteiger partial charge in [-0.05, 0) is 31.9 Å². The van der Waals surface area contributed by atoms with Crippen LogP contribution in [-0.2, 0) is 10.3 Å². The number of nitrogens with two attached hydrogens (primary N) is 1. The Bertz CT molecular complexity index is 498. The smallest absolute Gasteiger partial charge is 0.192 e. The summed E-state index contributed by atoms with van der Waals surface area (Å²) < 4.78 is 5.18. The summed E-state index contributed by atoms with van der Waals surface area (Å²) in [6, 6.07) is 6.55. The molecule has 0 radical (unpaired) electrons. The van der Waals surface area contributed by atoms with Gasteiger partial charge in [-0.3, -0.25) is 4.99 Å². The van der Waals surface area contributed by atoms with E-state index in [-0.39, 0.29) is 5.54 Å². The maximum Gasteiger partial charge on any atom is 0.192 e. The molecule has 0 spiro atoms. The van der Waals surface area contributed by atoms with E-state index in [1.807, 2.05) is 0 Å². The third-order valence-corrected chi connectivity index (χ3v) is 3.90. The number of ether oxygens (including phenoxy) is 1. The number of hydrogen-bond acceptors (Lipinski definition) is 4. The van der Waals surface area contributed by atoms with Gasteiger partial charge in [-0.2, -0.15) is 0 Å². The molecule has 1 aliphatic heterocycles. The summed E-state index contributed by atoms with van der Waals surface area (Å²) in [6.45, 7) is 8.57. The van der Waals surface area contributed by atoms with Crippen LogP contribution in [-0.4, -0.2) is 37.7 Å². The zero-order chi connectivity index (χ0) is 14.0. The average molecular weight is 261 g/mol. The van der Waals surface area contributed by atoms with Crippen LogP contribution in [0.5, 0.6) is 0 Å². The van der Waals surface area contributed by atoms with Gasteiger partial charge in [0.2, 0.25) is 0 Å². The van der Waals surface area contributed by atoms with Gasteiger partial charge in [0.05, 0.1) is 18.7 Å². The Morgan fingerprint density at radius 2 is 2.16 bits per heavy atom. The number of benzene rings is 1. The first-order chi connectivity index (χ1) is 8.99. The van der Waals surface area contributed by atoms with Gasteiger partial charge in [-0.15, -0.1) is 0 Å². The molecular formula is C15H23N3O. The molecule has 1 unspecified atom stereocenters. The van der Waals surface area contributed by atoms with Crippen molar-refractivity contribution in [3.63, 3.8) is 0 Å². The predicted molar refractivity (Wildman–Crippen MR) is 78.3 cm³/mol. The van der Waals surface area contributed by atoms with E-state index in [1.54, 1.807) is 7.11 Å². The lowest BCUT2D eigenvalue weighted by Gasteiger charge is -2.37. The number of aliphatic imine (C=N–C) groups is 1. The Morgan fingerprint density at radius 1 is 1.42 bits per heavy atom. The van der Waals surface area contributed by atoms with Crippen LogP contribution in [0.3, 0.4) is 0 Å². The molecule has 4 heteroatoms. The fraction of sp³-hybridized carbons (Fsp3) is 0.533. The Labute approximate surface area is 115 Å². The fourth-order valence-electron chi connectivity index (χ4n) is 2.85. The summed E-state index contributed by atoms with van der Waals surface area (Å²) in [6.07, 6.45) is 0. The van der Waals surface area contributed by atoms with Crippen LogP contribution in [0.1, 0.15) is 23.6 Å². The van der Waals surface area contributed by atoms with Crippen LogP contribution in [0.2, 0.25) is 0 Å². The number of methoxy groups -OCH3 is 1. The van der Waals surface area contributed by atoms with Crippen molar-refractivity contribution in [1.82, 2.24) is 4.90 Å². The van der Waals surface area contributed by atoms with E-state index in [2.05, 4.69) is 48.9 Å². The van der Waals surface area contributed by atoms with Crippen LogP contribution in [0.4, 0.5) is 0 Å². The average Bonchev–Trinajstić information content (AvgIpc) is 2.64. The van der Waals surface area contributed by atoms with Crippen molar-refractivity contribution in [3.05, 3.63) is 34.9 Å². The maximum atomic E-state index is 6.03. The lowest BCUT2D eigenvalue weighted by molar-refractivity contribution is 0.136. The van der Waals surface area contributed by atoms with E-state index in [0.29, 0.717) is 19.1 Å². The lowest BCUT2D eigenvalue weighted by atomic mass is 9.87. The molecule has 0 amide bonds. The second-order valence-electron chi connectivity index (χ2n) is 5.41. The second kappa shape index (κ2) is 5.21. The zero-order valence-electron chi connectivity index (χ0n) is 12.2. The number of rotatable bonds is 4. The molecule has 1 aromatic carbocycles. The van der Waals surface area contributed by atoms with Crippen LogP contribution >= 0.6 is 0 Å². The molecule has 1 heterocycles. The van der Waals surface area contributed by atoms with Crippen molar-refractivity contribution in [1.29, 1.82) is 0 Å². The van der Waals surface area contributed by atoms with E-state index in [0.717, 1.165) is 6.54 Å². The minimum absolute atomic E-state index is 0.166. The van der Waals surface area contributed by atoms with Gasteiger partial charge in [0.25, 0.3) is 0 Å². The van der Waals surface area contributed by atoms with Gasteiger partial charge in [0, 0.05) is 13.7 Å². The summed E-state index contributed by atoms with van der Waals surface area (Å²) in [4.78, 5) is 6.58. The largest absolute Gasteiger partial charge is 0.383 e. The lowest BCUT2D eigenvalue weighted by Crippen LogP contribution is -2.49. The minimum atomic E-state index is -0.166. The van der Waals surface area contributed by atoms with Gasteiger partial charge in [-0.25, -0.2) is 0 Å². The number of aryl methyl sites for hydroxylation is 2. The van der Waals surface area contributed by atoms with Crippen molar-refractivity contribution >= 4 is 5.96 Å². The molecule has 0 bridgehead atoms. The Kier molecular flexibility index (Phi) is 3.80. The first kappa shape index (κ1) is 13.9. The first-order valence-corrected chi connectivity index (χ1v) is 6.63. The number of nitrogens with zero attached hydrogens (tertiary/aromatic N) is 2. The second-order valence-corrected chi connectivity index (χ2v) is 5.41. The molecular weight excluding hydrogens is 238 g/mol. The van der Waals surface area contributed by atoms with Crippen LogP contribution < -0.4 is 5.73 Å². The summed E-state index contributed by atoms with van der Waals surface area (Å²) in [5.41, 5.74) is 9.72. The summed E-state index contributed by atoms with van der Waals surface area (Å²) in [7, 11) is 1.71. The molecule has 4 nitrogen and oxygen atoms in total. The van der Waals surface area contributed by atoms with Gasteiger partial charge in [0.15, 0.2) is 5.96 Å². The van der Waals surface area contributed by atoms with E-state index >= 15 is 0 Å². The van der Waals surface area contributed by atoms with E-state index in [1.165, 1.54) is 16.7 Å². The van der Waals surface area contributed by atoms with Crippen LogP contribution in [0.25, 0.3) is 0 Å². The highest BCUT2D eigenvalue weighted by molar-refractivity contribution is 5.81. The SMILES string of the molecule is COCCN1C(N)=NCC1(C)c1ccc(C)cc1C. The quantitative estimate of drug-likeness (QED) is 0.899. The normalized spacial score (nSPS) is 22.7. The van der Waals surface area contributed by atoms with Gasteiger partial charge in [-0.1, -0.05) is 23.8 Å². The number of guanidine groups is 1. The first-order valence-electron chi connectivity index (χ1n) is 6.63. The monoisotopic (exact) mass is 261 g/mol. The van der Waals surface area contributed by atoms with E-state index in [9.17, 15) is 0 Å². The van der Waals surface area contributed by atoms with E-state index < -0.39 is 0 Å². The van der Waals surface area contributed by atoms with Gasteiger partial charge < -0.3 is 15.4 Å². The van der Waals surface area contributed by atoms with Crippen molar-refractivity contribution in [2.24, 2.45) is 10.7 Å². The predicted octanol–water partition coefficient (Wildman–Crippen LogP) is 1.80. The Hall–Kier alpha value is -1.55. The van der Waals surface area contributed by atoms with Crippen molar-refractivity contribution in [2.75, 3.05) is 26.8 Å². The summed E-state index contributed by atoms with van der Waals surface area (Å²) in [5, 5.41) is 0. The van der Waals surface area contributed by atoms with Crippen molar-refractivity contribution in [2.45, 2.75) is 26.3 Å². The third-order valence-electron chi connectivity index (χ3n) is 3.90. The van der Waals surface area contributed by atoms with Crippen LogP contribution in [0.15, 0.2) is 23.2 Å². The molecule has 0 aromatic heterocycles.